The van der Waals surface area contributed by atoms with Crippen molar-refractivity contribution in [3.8, 4) is 0 Å². The summed E-state index contributed by atoms with van der Waals surface area (Å²) in [4.78, 5) is 14.2. The summed E-state index contributed by atoms with van der Waals surface area (Å²) in [7, 11) is 0. The van der Waals surface area contributed by atoms with Gasteiger partial charge in [0.2, 0.25) is 0 Å². The highest BCUT2D eigenvalue weighted by Gasteiger charge is 2.25. The van der Waals surface area contributed by atoms with Gasteiger partial charge >= 0.3 is 0 Å². The van der Waals surface area contributed by atoms with Crippen LogP contribution in [-0.2, 0) is 13.0 Å². The minimum Gasteiger partial charge on any atom is -0.361 e. The van der Waals surface area contributed by atoms with Crippen LogP contribution in [0, 0.1) is 6.92 Å². The molecule has 0 fully saturated rings. The third-order valence-corrected chi connectivity index (χ3v) is 3.33. The Balaban J connectivity index is 1.84. The number of rotatable bonds is 1. The molecule has 1 aliphatic rings. The molecule has 0 spiro atoms. The van der Waals surface area contributed by atoms with Crippen LogP contribution < -0.4 is 0 Å². The first-order valence-corrected chi connectivity index (χ1v) is 6.04. The van der Waals surface area contributed by atoms with E-state index in [-0.39, 0.29) is 5.91 Å². The maximum absolute atomic E-state index is 12.3. The standard InChI is InChI=1S/C14H14N2O2/c1-10-12-9-16(8-7-13(12)18-15-10)14(17)11-5-3-2-4-6-11/h2-6H,7-9H2,1H3. The monoisotopic (exact) mass is 242 g/mol. The van der Waals surface area contributed by atoms with Crippen LogP contribution in [0.2, 0.25) is 0 Å². The molecule has 92 valence electrons. The molecule has 1 aliphatic heterocycles. The molecular weight excluding hydrogens is 228 g/mol. The van der Waals surface area contributed by atoms with E-state index in [1.165, 1.54) is 0 Å². The van der Waals surface area contributed by atoms with Gasteiger partial charge in [-0.3, -0.25) is 4.79 Å². The van der Waals surface area contributed by atoms with Crippen molar-refractivity contribution >= 4 is 5.91 Å². The largest absolute Gasteiger partial charge is 0.361 e. The van der Waals surface area contributed by atoms with Gasteiger partial charge in [0, 0.05) is 24.1 Å². The highest BCUT2D eigenvalue weighted by molar-refractivity contribution is 5.94. The van der Waals surface area contributed by atoms with Crippen LogP contribution in [0.15, 0.2) is 34.9 Å². The molecule has 1 aromatic heterocycles. The summed E-state index contributed by atoms with van der Waals surface area (Å²) in [5.74, 6) is 0.992. The van der Waals surface area contributed by atoms with Gasteiger partial charge in [-0.1, -0.05) is 23.4 Å². The second-order valence-electron chi connectivity index (χ2n) is 4.51. The zero-order valence-electron chi connectivity index (χ0n) is 10.2. The summed E-state index contributed by atoms with van der Waals surface area (Å²) in [6.07, 6.45) is 0.745. The van der Waals surface area contributed by atoms with E-state index in [9.17, 15) is 4.79 Å². The fourth-order valence-electron chi connectivity index (χ4n) is 2.28. The van der Waals surface area contributed by atoms with Crippen molar-refractivity contribution in [3.05, 3.63) is 52.9 Å². The fourth-order valence-corrected chi connectivity index (χ4v) is 2.28. The Hall–Kier alpha value is -2.10. The third-order valence-electron chi connectivity index (χ3n) is 3.33. The first kappa shape index (κ1) is 11.0. The highest BCUT2D eigenvalue weighted by Crippen LogP contribution is 2.22. The van der Waals surface area contributed by atoms with Gasteiger partial charge in [-0.15, -0.1) is 0 Å². The van der Waals surface area contributed by atoms with Crippen molar-refractivity contribution in [3.63, 3.8) is 0 Å². The molecule has 0 bridgehead atoms. The highest BCUT2D eigenvalue weighted by atomic mass is 16.5. The van der Waals surface area contributed by atoms with Crippen LogP contribution in [0.4, 0.5) is 0 Å². The fraction of sp³-hybridized carbons (Fsp3) is 0.286. The van der Waals surface area contributed by atoms with Crippen LogP contribution in [0.25, 0.3) is 0 Å². The molecule has 4 heteroatoms. The van der Waals surface area contributed by atoms with Crippen LogP contribution >= 0.6 is 0 Å². The molecule has 0 unspecified atom stereocenters. The predicted octanol–water partition coefficient (Wildman–Crippen LogP) is 2.18. The lowest BCUT2D eigenvalue weighted by Gasteiger charge is -2.26. The zero-order valence-corrected chi connectivity index (χ0v) is 10.2. The second-order valence-corrected chi connectivity index (χ2v) is 4.51. The van der Waals surface area contributed by atoms with Crippen molar-refractivity contribution < 1.29 is 9.32 Å². The summed E-state index contributed by atoms with van der Waals surface area (Å²) in [5, 5.41) is 3.95. The van der Waals surface area contributed by atoms with E-state index in [4.69, 9.17) is 4.52 Å². The van der Waals surface area contributed by atoms with Crippen LogP contribution in [0.3, 0.4) is 0 Å². The quantitative estimate of drug-likeness (QED) is 0.770. The minimum atomic E-state index is 0.0712. The molecule has 0 aliphatic carbocycles. The lowest BCUT2D eigenvalue weighted by Crippen LogP contribution is -2.35. The Morgan fingerprint density at radius 2 is 2.11 bits per heavy atom. The van der Waals surface area contributed by atoms with Crippen molar-refractivity contribution in [2.24, 2.45) is 0 Å². The number of aromatic nitrogens is 1. The molecule has 1 amide bonds. The number of fused-ring (bicyclic) bond motifs is 1. The van der Waals surface area contributed by atoms with Gasteiger partial charge in [0.15, 0.2) is 0 Å². The Kier molecular flexibility index (Phi) is 2.63. The lowest BCUT2D eigenvalue weighted by molar-refractivity contribution is 0.0729. The van der Waals surface area contributed by atoms with Crippen molar-refractivity contribution in [1.82, 2.24) is 10.1 Å². The Bertz CT molecular complexity index is 575. The molecule has 4 nitrogen and oxygen atoms in total. The van der Waals surface area contributed by atoms with Gasteiger partial charge in [-0.05, 0) is 19.1 Å². The first-order valence-electron chi connectivity index (χ1n) is 6.04. The van der Waals surface area contributed by atoms with Gasteiger partial charge < -0.3 is 9.42 Å². The topological polar surface area (TPSA) is 46.3 Å². The van der Waals surface area contributed by atoms with Crippen LogP contribution in [0.5, 0.6) is 0 Å². The maximum Gasteiger partial charge on any atom is 0.254 e. The van der Waals surface area contributed by atoms with Gasteiger partial charge in [-0.2, -0.15) is 0 Å². The molecule has 0 saturated carbocycles. The summed E-state index contributed by atoms with van der Waals surface area (Å²) < 4.78 is 5.23. The molecule has 0 N–H and O–H groups in total. The molecule has 1 aromatic carbocycles. The lowest BCUT2D eigenvalue weighted by atomic mass is 10.1. The van der Waals surface area contributed by atoms with Crippen molar-refractivity contribution in [1.29, 1.82) is 0 Å². The van der Waals surface area contributed by atoms with E-state index in [2.05, 4.69) is 5.16 Å². The van der Waals surface area contributed by atoms with Gasteiger partial charge in [-0.25, -0.2) is 0 Å². The van der Waals surface area contributed by atoms with Gasteiger partial charge in [0.25, 0.3) is 5.91 Å². The maximum atomic E-state index is 12.3. The molecule has 2 aromatic rings. The zero-order chi connectivity index (χ0) is 12.5. The van der Waals surface area contributed by atoms with Crippen molar-refractivity contribution in [2.45, 2.75) is 19.9 Å². The Morgan fingerprint density at radius 1 is 1.33 bits per heavy atom. The summed E-state index contributed by atoms with van der Waals surface area (Å²) in [6, 6.07) is 9.37. The van der Waals surface area contributed by atoms with E-state index in [0.717, 1.165) is 29.0 Å². The average Bonchev–Trinajstić information content (AvgIpc) is 2.80. The number of benzene rings is 1. The van der Waals surface area contributed by atoms with Crippen LogP contribution in [-0.4, -0.2) is 22.5 Å². The number of aryl methyl sites for hydroxylation is 1. The SMILES string of the molecule is Cc1noc2c1CN(C(=O)c1ccccc1)CC2. The molecule has 2 heterocycles. The van der Waals surface area contributed by atoms with E-state index >= 15 is 0 Å². The molecule has 0 radical (unpaired) electrons. The third kappa shape index (κ3) is 1.79. The molecule has 0 atom stereocenters. The number of nitrogens with zero attached hydrogens (tertiary/aromatic N) is 2. The smallest absolute Gasteiger partial charge is 0.254 e. The second kappa shape index (κ2) is 4.29. The first-order chi connectivity index (χ1) is 8.75. The summed E-state index contributed by atoms with van der Waals surface area (Å²) in [5.41, 5.74) is 2.68. The minimum absolute atomic E-state index is 0.0712. The number of carbonyl (C=O) groups is 1. The van der Waals surface area contributed by atoms with Crippen LogP contribution in [0.1, 0.15) is 27.4 Å². The van der Waals surface area contributed by atoms with E-state index in [1.807, 2.05) is 42.2 Å². The van der Waals surface area contributed by atoms with E-state index in [1.54, 1.807) is 0 Å². The number of hydrogen-bond acceptors (Lipinski definition) is 3. The number of hydrogen-bond donors (Lipinski definition) is 0. The van der Waals surface area contributed by atoms with Crippen molar-refractivity contribution in [2.75, 3.05) is 6.54 Å². The predicted molar refractivity (Wildman–Crippen MR) is 66.1 cm³/mol. The Morgan fingerprint density at radius 3 is 2.89 bits per heavy atom. The number of carbonyl (C=O) groups excluding carboxylic acids is 1. The molecule has 0 saturated heterocycles. The molecule has 3 rings (SSSR count). The van der Waals surface area contributed by atoms with E-state index < -0.39 is 0 Å². The molecule has 18 heavy (non-hydrogen) atoms. The summed E-state index contributed by atoms with van der Waals surface area (Å²) in [6.45, 7) is 3.20. The number of amides is 1. The molecular formula is C14H14N2O2. The Labute approximate surface area is 105 Å². The van der Waals surface area contributed by atoms with E-state index in [0.29, 0.717) is 13.1 Å². The normalized spacial score (nSPS) is 14.4. The van der Waals surface area contributed by atoms with Gasteiger partial charge in [0.1, 0.15) is 5.76 Å². The average molecular weight is 242 g/mol. The summed E-state index contributed by atoms with van der Waals surface area (Å²) >= 11 is 0. The van der Waals surface area contributed by atoms with Gasteiger partial charge in [0.05, 0.1) is 12.2 Å².